The monoisotopic (exact) mass is 536 g/mol. The van der Waals surface area contributed by atoms with E-state index in [-0.39, 0.29) is 17.5 Å². The van der Waals surface area contributed by atoms with Gasteiger partial charge in [-0.3, -0.25) is 4.79 Å². The van der Waals surface area contributed by atoms with Crippen molar-refractivity contribution in [1.82, 2.24) is 0 Å². The van der Waals surface area contributed by atoms with E-state index in [9.17, 15) is 45.6 Å². The standard InChI is InChI=1S/C26H32O12/c27-10-17-20(32)21(33)23(38-25-24(34)26(35,11-28)12-36-25)22(37-17)18-16(30)9-7-14(19(18)31)15(29)8-6-13-4-2-1-3-5-13/h1-5,7,9,17,20-25,27-28,30-35H,6,8,10-12H2. The van der Waals surface area contributed by atoms with Crippen molar-refractivity contribution < 1.29 is 59.9 Å². The SMILES string of the molecule is O=C(CCc1ccccc1)c1ccc(O)c(C2OC(CO)C(O)C(O)C2OC2OCC(O)(CO)C2O)c1O. The van der Waals surface area contributed by atoms with Crippen LogP contribution in [0.15, 0.2) is 42.5 Å². The third kappa shape index (κ3) is 5.41. The van der Waals surface area contributed by atoms with Crippen LogP contribution in [-0.4, -0.2) is 109 Å². The minimum atomic E-state index is -2.05. The van der Waals surface area contributed by atoms with E-state index in [2.05, 4.69) is 0 Å². The van der Waals surface area contributed by atoms with Gasteiger partial charge in [0.25, 0.3) is 0 Å². The Bertz CT molecular complexity index is 1110. The predicted molar refractivity (Wildman–Crippen MR) is 128 cm³/mol. The first kappa shape index (κ1) is 28.4. The Kier molecular flexibility index (Phi) is 8.67. The fourth-order valence-corrected chi connectivity index (χ4v) is 4.68. The van der Waals surface area contributed by atoms with Crippen LogP contribution in [0.1, 0.15) is 34.0 Å². The third-order valence-electron chi connectivity index (χ3n) is 7.00. The number of aliphatic hydroxyl groups excluding tert-OH is 5. The van der Waals surface area contributed by atoms with E-state index in [4.69, 9.17) is 14.2 Å². The molecule has 0 aliphatic carbocycles. The lowest BCUT2D eigenvalue weighted by molar-refractivity contribution is -0.287. The Balaban J connectivity index is 1.65. The van der Waals surface area contributed by atoms with Crippen LogP contribution in [0.2, 0.25) is 0 Å². The summed E-state index contributed by atoms with van der Waals surface area (Å²) in [7, 11) is 0. The van der Waals surface area contributed by atoms with E-state index in [1.165, 1.54) is 6.07 Å². The average molecular weight is 537 g/mol. The van der Waals surface area contributed by atoms with Crippen molar-refractivity contribution >= 4 is 5.78 Å². The molecule has 8 unspecified atom stereocenters. The molecule has 12 nitrogen and oxygen atoms in total. The number of aliphatic hydroxyl groups is 6. The number of ether oxygens (including phenoxy) is 3. The zero-order chi connectivity index (χ0) is 27.6. The van der Waals surface area contributed by atoms with Crippen molar-refractivity contribution in [3.05, 3.63) is 59.2 Å². The first-order chi connectivity index (χ1) is 18.1. The molecule has 8 N–H and O–H groups in total. The molecule has 2 aromatic rings. The molecule has 208 valence electrons. The summed E-state index contributed by atoms with van der Waals surface area (Å²) in [5.74, 6) is -1.62. The topological polar surface area (TPSA) is 207 Å². The molecule has 0 amide bonds. The molecule has 2 fully saturated rings. The second-order valence-electron chi connectivity index (χ2n) is 9.55. The Hall–Kier alpha value is -2.65. The van der Waals surface area contributed by atoms with Crippen LogP contribution in [0.5, 0.6) is 11.5 Å². The maximum Gasteiger partial charge on any atom is 0.187 e. The van der Waals surface area contributed by atoms with Gasteiger partial charge < -0.3 is 55.1 Å². The van der Waals surface area contributed by atoms with Crippen LogP contribution < -0.4 is 0 Å². The van der Waals surface area contributed by atoms with Crippen molar-refractivity contribution in [2.75, 3.05) is 19.8 Å². The molecule has 38 heavy (non-hydrogen) atoms. The Morgan fingerprint density at radius 1 is 1.03 bits per heavy atom. The van der Waals surface area contributed by atoms with Gasteiger partial charge in [-0.15, -0.1) is 0 Å². The lowest BCUT2D eigenvalue weighted by Crippen LogP contribution is -2.58. The Morgan fingerprint density at radius 3 is 2.37 bits per heavy atom. The highest BCUT2D eigenvalue weighted by molar-refractivity contribution is 5.99. The second kappa shape index (κ2) is 11.6. The molecule has 0 bridgehead atoms. The largest absolute Gasteiger partial charge is 0.507 e. The van der Waals surface area contributed by atoms with Crippen LogP contribution in [0.25, 0.3) is 0 Å². The Labute approximate surface area is 217 Å². The van der Waals surface area contributed by atoms with Crippen LogP contribution in [0.3, 0.4) is 0 Å². The summed E-state index contributed by atoms with van der Waals surface area (Å²) in [6.07, 6.45) is -11.0. The lowest BCUT2D eigenvalue weighted by Gasteiger charge is -2.43. The quantitative estimate of drug-likeness (QED) is 0.180. The maximum atomic E-state index is 13.0. The van der Waals surface area contributed by atoms with Crippen molar-refractivity contribution in [3.8, 4) is 11.5 Å². The minimum absolute atomic E-state index is 0.0374. The van der Waals surface area contributed by atoms with Gasteiger partial charge in [0.15, 0.2) is 12.1 Å². The van der Waals surface area contributed by atoms with E-state index >= 15 is 0 Å². The lowest BCUT2D eigenvalue weighted by atomic mass is 9.88. The summed E-state index contributed by atoms with van der Waals surface area (Å²) in [5, 5.41) is 82.7. The van der Waals surface area contributed by atoms with Gasteiger partial charge in [-0.25, -0.2) is 0 Å². The van der Waals surface area contributed by atoms with Gasteiger partial charge in [0, 0.05) is 6.42 Å². The number of phenols is 2. The number of aryl methyl sites for hydroxylation is 1. The highest BCUT2D eigenvalue weighted by Crippen LogP contribution is 2.45. The van der Waals surface area contributed by atoms with E-state index in [1.807, 2.05) is 30.3 Å². The average Bonchev–Trinajstić information content (AvgIpc) is 3.20. The number of rotatable bonds is 9. The van der Waals surface area contributed by atoms with Crippen LogP contribution in [-0.2, 0) is 20.6 Å². The number of phenolic OH excluding ortho intramolecular Hbond substituents is 2. The predicted octanol–water partition coefficient (Wildman–Crippen LogP) is -1.11. The summed E-state index contributed by atoms with van der Waals surface area (Å²) in [6.45, 7) is -2.11. The fraction of sp³-hybridized carbons (Fsp3) is 0.500. The molecular weight excluding hydrogens is 504 g/mol. The number of Topliss-reactive ketones (excluding diaryl/α,β-unsaturated/α-hetero) is 1. The van der Waals surface area contributed by atoms with E-state index in [1.54, 1.807) is 0 Å². The van der Waals surface area contributed by atoms with E-state index in [0.29, 0.717) is 6.42 Å². The molecular formula is C26H32O12. The van der Waals surface area contributed by atoms with Gasteiger partial charge in [0.05, 0.1) is 30.9 Å². The molecule has 2 aliphatic heterocycles. The molecule has 0 spiro atoms. The summed E-state index contributed by atoms with van der Waals surface area (Å²) in [4.78, 5) is 13.0. The van der Waals surface area contributed by atoms with Gasteiger partial charge >= 0.3 is 0 Å². The highest BCUT2D eigenvalue weighted by atomic mass is 16.7. The number of benzene rings is 2. The molecule has 12 heteroatoms. The number of aromatic hydroxyl groups is 2. The van der Waals surface area contributed by atoms with E-state index in [0.717, 1.165) is 11.6 Å². The number of hydrogen-bond donors (Lipinski definition) is 8. The van der Waals surface area contributed by atoms with Gasteiger partial charge in [-0.05, 0) is 24.1 Å². The highest BCUT2D eigenvalue weighted by Gasteiger charge is 2.53. The number of carbonyl (C=O) groups is 1. The summed E-state index contributed by atoms with van der Waals surface area (Å²) < 4.78 is 16.6. The Morgan fingerprint density at radius 2 is 1.74 bits per heavy atom. The third-order valence-corrected chi connectivity index (χ3v) is 7.00. The second-order valence-corrected chi connectivity index (χ2v) is 9.55. The van der Waals surface area contributed by atoms with Crippen molar-refractivity contribution in [1.29, 1.82) is 0 Å². The number of hydrogen-bond acceptors (Lipinski definition) is 12. The molecule has 2 aliphatic rings. The molecule has 4 rings (SSSR count). The van der Waals surface area contributed by atoms with Gasteiger partial charge in [-0.1, -0.05) is 30.3 Å². The van der Waals surface area contributed by atoms with Crippen LogP contribution in [0, 0.1) is 0 Å². The number of ketones is 1. The molecule has 2 heterocycles. The first-order valence-electron chi connectivity index (χ1n) is 12.1. The molecule has 0 saturated carbocycles. The minimum Gasteiger partial charge on any atom is -0.507 e. The molecule has 2 saturated heterocycles. The van der Waals surface area contributed by atoms with Crippen molar-refractivity contribution in [3.63, 3.8) is 0 Å². The molecule has 8 atom stereocenters. The van der Waals surface area contributed by atoms with Gasteiger partial charge in [-0.2, -0.15) is 0 Å². The molecule has 0 aromatic heterocycles. The normalized spacial score (nSPS) is 33.4. The number of carbonyl (C=O) groups excluding carboxylic acids is 1. The molecule has 2 aromatic carbocycles. The zero-order valence-corrected chi connectivity index (χ0v) is 20.3. The van der Waals surface area contributed by atoms with Gasteiger partial charge in [0.2, 0.25) is 0 Å². The van der Waals surface area contributed by atoms with E-state index < -0.39 is 85.6 Å². The summed E-state index contributed by atoms with van der Waals surface area (Å²) in [5.41, 5.74) is -1.63. The van der Waals surface area contributed by atoms with Crippen molar-refractivity contribution in [2.24, 2.45) is 0 Å². The van der Waals surface area contributed by atoms with Crippen LogP contribution >= 0.6 is 0 Å². The van der Waals surface area contributed by atoms with Crippen LogP contribution in [0.4, 0.5) is 0 Å². The van der Waals surface area contributed by atoms with Gasteiger partial charge in [0.1, 0.15) is 53.7 Å². The molecule has 0 radical (unpaired) electrons. The van der Waals surface area contributed by atoms with Crippen molar-refractivity contribution in [2.45, 2.75) is 61.4 Å². The summed E-state index contributed by atoms with van der Waals surface area (Å²) >= 11 is 0. The summed E-state index contributed by atoms with van der Waals surface area (Å²) in [6, 6.07) is 11.6. The smallest absolute Gasteiger partial charge is 0.187 e. The maximum absolute atomic E-state index is 13.0. The fourth-order valence-electron chi connectivity index (χ4n) is 4.68. The first-order valence-corrected chi connectivity index (χ1v) is 12.1. The zero-order valence-electron chi connectivity index (χ0n) is 20.3.